The first kappa shape index (κ1) is 24.6. The molecular formula is C23H23BrFN3O5P+. The molecule has 1 saturated heterocycles. The lowest BCUT2D eigenvalue weighted by Crippen LogP contribution is -2.32. The van der Waals surface area contributed by atoms with Crippen molar-refractivity contribution in [3.05, 3.63) is 63.9 Å². The number of ether oxygens (including phenoxy) is 2. The fourth-order valence-corrected chi connectivity index (χ4v) is 4.91. The van der Waals surface area contributed by atoms with Crippen LogP contribution in [0, 0.1) is 5.82 Å². The minimum Gasteiger partial charge on any atom is -0.469 e. The van der Waals surface area contributed by atoms with Gasteiger partial charge in [0.2, 0.25) is 0 Å². The van der Waals surface area contributed by atoms with Crippen molar-refractivity contribution in [2.75, 3.05) is 33.4 Å². The van der Waals surface area contributed by atoms with Crippen LogP contribution in [0.4, 0.5) is 10.1 Å². The average Bonchev–Trinajstić information content (AvgIpc) is 2.99. The molecule has 0 bridgehead atoms. The number of hydrogen-bond donors (Lipinski definition) is 0. The number of carbonyl (C=O) groups excluding carboxylic acids is 1. The summed E-state index contributed by atoms with van der Waals surface area (Å²) in [5.74, 6) is -0.766. The van der Waals surface area contributed by atoms with Crippen molar-refractivity contribution in [1.29, 1.82) is 0 Å². The Morgan fingerprint density at radius 2 is 2.00 bits per heavy atom. The molecule has 0 aromatic heterocycles. The quantitative estimate of drug-likeness (QED) is 0.379. The van der Waals surface area contributed by atoms with Gasteiger partial charge in [-0.1, -0.05) is 32.7 Å². The molecule has 1 fully saturated rings. The Hall–Kier alpha value is -2.52. The first-order valence-electron chi connectivity index (χ1n) is 10.7. The van der Waals surface area contributed by atoms with Gasteiger partial charge in [0.15, 0.2) is 0 Å². The van der Waals surface area contributed by atoms with Crippen LogP contribution in [0.1, 0.15) is 24.0 Å². The second kappa shape index (κ2) is 11.3. The Labute approximate surface area is 205 Å². The van der Waals surface area contributed by atoms with Gasteiger partial charge in [-0.2, -0.15) is 0 Å². The summed E-state index contributed by atoms with van der Waals surface area (Å²) < 4.78 is 46.2. The van der Waals surface area contributed by atoms with Crippen LogP contribution in [0.5, 0.6) is 0 Å². The first-order chi connectivity index (χ1) is 16.5. The molecule has 11 heteroatoms. The molecule has 4 rings (SSSR count). The SMILES string of the molecule is COC(=O)CC[C@@H]1N=C(c2ccccc2F)c2cc(Br)ccc2N=C1O[P+](=O)N1CCOCC1. The number of benzene rings is 2. The number of fused-ring (bicyclic) bond motifs is 1. The molecule has 0 radical (unpaired) electrons. The van der Waals surface area contributed by atoms with Crippen LogP contribution in [0.15, 0.2) is 56.9 Å². The van der Waals surface area contributed by atoms with Crippen LogP contribution in [-0.2, 0) is 23.4 Å². The third-order valence-electron chi connectivity index (χ3n) is 5.38. The minimum absolute atomic E-state index is 0.0337. The van der Waals surface area contributed by atoms with Crippen LogP contribution in [0.3, 0.4) is 0 Å². The van der Waals surface area contributed by atoms with Crippen LogP contribution >= 0.6 is 24.1 Å². The number of halogens is 2. The Morgan fingerprint density at radius 1 is 1.24 bits per heavy atom. The topological polar surface area (TPSA) is 89.8 Å². The summed E-state index contributed by atoms with van der Waals surface area (Å²) in [7, 11) is -0.953. The minimum atomic E-state index is -2.26. The smallest absolute Gasteiger partial charge is 0.469 e. The number of esters is 1. The van der Waals surface area contributed by atoms with Crippen LogP contribution in [0.25, 0.3) is 0 Å². The van der Waals surface area contributed by atoms with Crippen molar-refractivity contribution in [3.63, 3.8) is 0 Å². The molecule has 0 saturated carbocycles. The van der Waals surface area contributed by atoms with Crippen molar-refractivity contribution >= 4 is 47.4 Å². The van der Waals surface area contributed by atoms with Gasteiger partial charge in [0, 0.05) is 26.6 Å². The zero-order chi connectivity index (χ0) is 24.1. The maximum Gasteiger partial charge on any atom is 0.667 e. The molecule has 2 atom stereocenters. The van der Waals surface area contributed by atoms with E-state index in [9.17, 15) is 13.8 Å². The molecule has 2 heterocycles. The van der Waals surface area contributed by atoms with E-state index in [-0.39, 0.29) is 18.7 Å². The predicted octanol–water partition coefficient (Wildman–Crippen LogP) is 4.80. The van der Waals surface area contributed by atoms with Crippen molar-refractivity contribution in [2.24, 2.45) is 9.98 Å². The highest BCUT2D eigenvalue weighted by Gasteiger charge is 2.38. The number of carbonyl (C=O) groups is 1. The van der Waals surface area contributed by atoms with Crippen LogP contribution in [-0.4, -0.2) is 61.7 Å². The molecule has 2 aliphatic rings. The third-order valence-corrected chi connectivity index (χ3v) is 7.08. The fourth-order valence-electron chi connectivity index (χ4n) is 3.62. The summed E-state index contributed by atoms with van der Waals surface area (Å²) >= 11 is 3.46. The highest BCUT2D eigenvalue weighted by Crippen LogP contribution is 2.36. The molecule has 0 spiro atoms. The zero-order valence-electron chi connectivity index (χ0n) is 18.4. The van der Waals surface area contributed by atoms with Gasteiger partial charge in [0.25, 0.3) is 5.90 Å². The Kier molecular flexibility index (Phi) is 8.15. The summed E-state index contributed by atoms with van der Waals surface area (Å²) in [4.78, 5) is 21.3. The second-order valence-electron chi connectivity index (χ2n) is 7.59. The summed E-state index contributed by atoms with van der Waals surface area (Å²) in [5, 5.41) is 0. The molecular weight excluding hydrogens is 528 g/mol. The zero-order valence-corrected chi connectivity index (χ0v) is 20.9. The van der Waals surface area contributed by atoms with Gasteiger partial charge in [-0.05, 0) is 36.8 Å². The van der Waals surface area contributed by atoms with Gasteiger partial charge in [0.1, 0.15) is 11.9 Å². The van der Waals surface area contributed by atoms with E-state index in [2.05, 4.69) is 20.9 Å². The molecule has 0 aliphatic carbocycles. The Morgan fingerprint density at radius 3 is 2.74 bits per heavy atom. The highest BCUT2D eigenvalue weighted by molar-refractivity contribution is 9.10. The Bertz CT molecular complexity index is 1150. The van der Waals surface area contributed by atoms with Crippen LogP contribution in [0.2, 0.25) is 0 Å². The number of nitrogens with zero attached hydrogens (tertiary/aromatic N) is 3. The largest absolute Gasteiger partial charge is 0.667 e. The summed E-state index contributed by atoms with van der Waals surface area (Å²) in [5.41, 5.74) is 1.74. The molecule has 8 nitrogen and oxygen atoms in total. The molecule has 0 amide bonds. The third kappa shape index (κ3) is 5.75. The van der Waals surface area contributed by atoms with E-state index in [1.165, 1.54) is 13.2 Å². The van der Waals surface area contributed by atoms with Gasteiger partial charge < -0.3 is 9.47 Å². The summed E-state index contributed by atoms with van der Waals surface area (Å²) in [6.45, 7) is 1.83. The molecule has 178 valence electrons. The van der Waals surface area contributed by atoms with Gasteiger partial charge in [-0.15, -0.1) is 0 Å². The fraction of sp³-hybridized carbons (Fsp3) is 0.348. The maximum absolute atomic E-state index is 14.8. The second-order valence-corrected chi connectivity index (χ2v) is 9.73. The number of morpholine rings is 1. The average molecular weight is 551 g/mol. The van der Waals surface area contributed by atoms with E-state index >= 15 is 0 Å². The van der Waals surface area contributed by atoms with Gasteiger partial charge in [-0.25, -0.2) is 13.9 Å². The molecule has 0 N–H and O–H groups in total. The molecule has 1 unspecified atom stereocenters. The maximum atomic E-state index is 14.8. The lowest BCUT2D eigenvalue weighted by Gasteiger charge is -2.17. The van der Waals surface area contributed by atoms with Crippen molar-refractivity contribution < 1.29 is 27.7 Å². The van der Waals surface area contributed by atoms with E-state index in [1.807, 2.05) is 0 Å². The Balaban J connectivity index is 1.78. The van der Waals surface area contributed by atoms with Crippen molar-refractivity contribution in [1.82, 2.24) is 4.67 Å². The standard InChI is InChI=1S/C23H23BrFN3O5P/c1-31-21(29)9-8-20-23(33-34(30)28-10-12-32-13-11-28)27-19-7-6-15(24)14-17(19)22(26-20)16-4-2-3-5-18(16)25/h2-7,14,20H,8-13H2,1H3/q+1/t20-/m0/s1. The highest BCUT2D eigenvalue weighted by atomic mass is 79.9. The van der Waals surface area contributed by atoms with E-state index in [1.54, 1.807) is 41.1 Å². The van der Waals surface area contributed by atoms with E-state index in [0.29, 0.717) is 48.8 Å². The van der Waals surface area contributed by atoms with Gasteiger partial charge in [-0.3, -0.25) is 9.79 Å². The monoisotopic (exact) mass is 550 g/mol. The first-order valence-corrected chi connectivity index (χ1v) is 12.6. The number of rotatable bonds is 6. The normalized spacial score (nSPS) is 18.8. The van der Waals surface area contributed by atoms with Crippen molar-refractivity contribution in [3.8, 4) is 0 Å². The summed E-state index contributed by atoms with van der Waals surface area (Å²) in [6, 6.07) is 10.9. The van der Waals surface area contributed by atoms with Crippen LogP contribution < -0.4 is 0 Å². The number of aliphatic imine (C=N–C) groups is 2. The summed E-state index contributed by atoms with van der Waals surface area (Å²) in [6.07, 6.45) is 0.219. The number of hydrogen-bond acceptors (Lipinski definition) is 7. The molecule has 34 heavy (non-hydrogen) atoms. The number of methoxy groups -OCH3 is 1. The van der Waals surface area contributed by atoms with Crippen molar-refractivity contribution in [2.45, 2.75) is 18.9 Å². The lowest BCUT2D eigenvalue weighted by atomic mass is 10.00. The van der Waals surface area contributed by atoms with E-state index < -0.39 is 26.0 Å². The van der Waals surface area contributed by atoms with E-state index in [4.69, 9.17) is 19.0 Å². The molecule has 2 aromatic rings. The lowest BCUT2D eigenvalue weighted by molar-refractivity contribution is -0.140. The molecule has 2 aliphatic heterocycles. The van der Waals surface area contributed by atoms with Gasteiger partial charge in [0.05, 0.1) is 44.8 Å². The molecule has 2 aromatic carbocycles. The van der Waals surface area contributed by atoms with E-state index in [0.717, 1.165) is 4.47 Å². The van der Waals surface area contributed by atoms with Gasteiger partial charge >= 0.3 is 14.1 Å². The predicted molar refractivity (Wildman–Crippen MR) is 129 cm³/mol.